The molecule has 1 aromatic carbocycles. The zero-order valence-corrected chi connectivity index (χ0v) is 14.3. The molecule has 7 nitrogen and oxygen atoms in total. The highest BCUT2D eigenvalue weighted by atomic mass is 32.2. The molecule has 0 bridgehead atoms. The largest absolute Gasteiger partial charge is 0.353 e. The lowest BCUT2D eigenvalue weighted by molar-refractivity contribution is 0.384. The van der Waals surface area contributed by atoms with Gasteiger partial charge in [-0.1, -0.05) is 12.1 Å². The number of nitrogens with zero attached hydrogens (tertiary/aromatic N) is 5. The van der Waals surface area contributed by atoms with Crippen molar-refractivity contribution >= 4 is 26.6 Å². The molecule has 0 radical (unpaired) electrons. The molecule has 128 valence electrons. The topological polar surface area (TPSA) is 79.3 Å². The highest BCUT2D eigenvalue weighted by Gasteiger charge is 2.30. The van der Waals surface area contributed by atoms with Gasteiger partial charge in [-0.25, -0.2) is 13.4 Å². The van der Waals surface area contributed by atoms with Gasteiger partial charge in [-0.15, -0.1) is 0 Å². The van der Waals surface area contributed by atoms with Crippen molar-refractivity contribution in [3.05, 3.63) is 55.2 Å². The van der Waals surface area contributed by atoms with Crippen molar-refractivity contribution in [2.45, 2.75) is 4.90 Å². The molecule has 25 heavy (non-hydrogen) atoms. The van der Waals surface area contributed by atoms with Gasteiger partial charge in [0, 0.05) is 61.7 Å². The Kier molecular flexibility index (Phi) is 4.06. The average Bonchev–Trinajstić information content (AvgIpc) is 2.68. The maximum Gasteiger partial charge on any atom is 0.243 e. The van der Waals surface area contributed by atoms with Crippen molar-refractivity contribution in [1.29, 1.82) is 0 Å². The van der Waals surface area contributed by atoms with Gasteiger partial charge in [0.05, 0.1) is 11.1 Å². The first-order valence-electron chi connectivity index (χ1n) is 8.00. The molecule has 0 spiro atoms. The average molecular weight is 355 g/mol. The van der Waals surface area contributed by atoms with Gasteiger partial charge in [0.15, 0.2) is 0 Å². The van der Waals surface area contributed by atoms with Crippen molar-refractivity contribution in [3.63, 3.8) is 0 Å². The summed E-state index contributed by atoms with van der Waals surface area (Å²) in [7, 11) is -3.55. The zero-order chi connectivity index (χ0) is 17.3. The van der Waals surface area contributed by atoms with Gasteiger partial charge in [-0.2, -0.15) is 4.31 Å². The Morgan fingerprint density at radius 1 is 0.880 bits per heavy atom. The number of piperazine rings is 1. The van der Waals surface area contributed by atoms with Crippen molar-refractivity contribution in [1.82, 2.24) is 19.3 Å². The number of benzene rings is 1. The summed E-state index contributed by atoms with van der Waals surface area (Å²) < 4.78 is 27.7. The van der Waals surface area contributed by atoms with Gasteiger partial charge in [-0.3, -0.25) is 9.97 Å². The van der Waals surface area contributed by atoms with Gasteiger partial charge in [0.2, 0.25) is 10.0 Å². The van der Waals surface area contributed by atoms with E-state index in [1.165, 1.54) is 4.31 Å². The van der Waals surface area contributed by atoms with Crippen molar-refractivity contribution in [2.75, 3.05) is 31.1 Å². The van der Waals surface area contributed by atoms with Crippen molar-refractivity contribution < 1.29 is 8.42 Å². The Balaban J connectivity index is 1.60. The standard InChI is InChI=1S/C17H17N5O2S/c23-25(24,16-3-1-2-14-12-18-5-4-15(14)16)22-10-8-21(9-11-22)17-13-19-6-7-20-17/h1-7,12-13H,8-11H2. The summed E-state index contributed by atoms with van der Waals surface area (Å²) >= 11 is 0. The molecule has 0 saturated carbocycles. The van der Waals surface area contributed by atoms with E-state index in [1.807, 2.05) is 11.0 Å². The smallest absolute Gasteiger partial charge is 0.243 e. The first-order valence-corrected chi connectivity index (χ1v) is 9.44. The van der Waals surface area contributed by atoms with Crippen LogP contribution in [-0.4, -0.2) is 53.9 Å². The maximum absolute atomic E-state index is 13.1. The molecule has 0 amide bonds. The van der Waals surface area contributed by atoms with Gasteiger partial charge < -0.3 is 4.90 Å². The van der Waals surface area contributed by atoms with Crippen LogP contribution in [0.2, 0.25) is 0 Å². The third kappa shape index (κ3) is 2.94. The lowest BCUT2D eigenvalue weighted by Gasteiger charge is -2.34. The quantitative estimate of drug-likeness (QED) is 0.709. The Bertz CT molecular complexity index is 981. The fourth-order valence-electron chi connectivity index (χ4n) is 3.07. The van der Waals surface area contributed by atoms with Crippen molar-refractivity contribution in [2.24, 2.45) is 0 Å². The monoisotopic (exact) mass is 355 g/mol. The van der Waals surface area contributed by atoms with E-state index in [0.717, 1.165) is 11.2 Å². The highest BCUT2D eigenvalue weighted by molar-refractivity contribution is 7.89. The Hall–Kier alpha value is -2.58. The first kappa shape index (κ1) is 15.9. The molecular weight excluding hydrogens is 338 g/mol. The second kappa shape index (κ2) is 6.38. The minimum Gasteiger partial charge on any atom is -0.353 e. The molecule has 1 saturated heterocycles. The van der Waals surface area contributed by atoms with Crippen LogP contribution < -0.4 is 4.90 Å². The van der Waals surface area contributed by atoms with E-state index < -0.39 is 10.0 Å². The Morgan fingerprint density at radius 2 is 1.68 bits per heavy atom. The number of hydrogen-bond acceptors (Lipinski definition) is 6. The number of pyridine rings is 1. The van der Waals surface area contributed by atoms with E-state index >= 15 is 0 Å². The highest BCUT2D eigenvalue weighted by Crippen LogP contribution is 2.26. The van der Waals surface area contributed by atoms with E-state index in [0.29, 0.717) is 36.5 Å². The second-order valence-corrected chi connectivity index (χ2v) is 7.71. The fraction of sp³-hybridized carbons (Fsp3) is 0.235. The van der Waals surface area contributed by atoms with Crippen LogP contribution >= 0.6 is 0 Å². The summed E-state index contributed by atoms with van der Waals surface area (Å²) in [5.41, 5.74) is 0. The number of sulfonamides is 1. The van der Waals surface area contributed by atoms with Crippen LogP contribution in [0.4, 0.5) is 5.82 Å². The predicted octanol–water partition coefficient (Wildman–Crippen LogP) is 1.54. The first-order chi connectivity index (χ1) is 12.2. The van der Waals surface area contributed by atoms with Crippen LogP contribution in [0.3, 0.4) is 0 Å². The lowest BCUT2D eigenvalue weighted by Crippen LogP contribution is -2.49. The van der Waals surface area contributed by atoms with Crippen LogP contribution in [-0.2, 0) is 10.0 Å². The Morgan fingerprint density at radius 3 is 2.44 bits per heavy atom. The van der Waals surface area contributed by atoms with Crippen LogP contribution in [0.1, 0.15) is 0 Å². The zero-order valence-electron chi connectivity index (χ0n) is 13.5. The van der Waals surface area contributed by atoms with Gasteiger partial charge in [0.25, 0.3) is 0 Å². The molecule has 0 N–H and O–H groups in total. The number of fused-ring (bicyclic) bond motifs is 1. The lowest BCUT2D eigenvalue weighted by atomic mass is 10.2. The summed E-state index contributed by atoms with van der Waals surface area (Å²) in [5.74, 6) is 0.774. The summed E-state index contributed by atoms with van der Waals surface area (Å²) in [4.78, 5) is 14.8. The number of aromatic nitrogens is 3. The molecule has 0 unspecified atom stereocenters. The molecule has 4 rings (SSSR count). The van der Waals surface area contributed by atoms with E-state index in [2.05, 4.69) is 15.0 Å². The second-order valence-electron chi connectivity index (χ2n) is 5.81. The van der Waals surface area contributed by atoms with E-state index in [9.17, 15) is 8.42 Å². The maximum atomic E-state index is 13.1. The summed E-state index contributed by atoms with van der Waals surface area (Å²) in [5, 5.41) is 1.52. The molecular formula is C17H17N5O2S. The third-order valence-electron chi connectivity index (χ3n) is 4.37. The molecule has 8 heteroatoms. The number of rotatable bonds is 3. The van der Waals surface area contributed by atoms with E-state index in [4.69, 9.17) is 0 Å². The summed E-state index contributed by atoms with van der Waals surface area (Å²) in [6.45, 7) is 2.01. The minimum absolute atomic E-state index is 0.334. The molecule has 3 aromatic rings. The molecule has 1 aliphatic rings. The third-order valence-corrected chi connectivity index (χ3v) is 6.33. The van der Waals surface area contributed by atoms with Crippen LogP contribution in [0, 0.1) is 0 Å². The molecule has 3 heterocycles. The van der Waals surface area contributed by atoms with Crippen LogP contribution in [0.25, 0.3) is 10.8 Å². The summed E-state index contributed by atoms with van der Waals surface area (Å²) in [6, 6.07) is 7.03. The normalized spacial score (nSPS) is 16.2. The van der Waals surface area contributed by atoms with Gasteiger partial charge in [0.1, 0.15) is 5.82 Å². The minimum atomic E-state index is -3.55. The van der Waals surface area contributed by atoms with E-state index in [1.54, 1.807) is 49.2 Å². The molecule has 0 aliphatic carbocycles. The van der Waals surface area contributed by atoms with E-state index in [-0.39, 0.29) is 0 Å². The SMILES string of the molecule is O=S(=O)(c1cccc2cnccc12)N1CCN(c2cnccn2)CC1. The molecule has 2 aromatic heterocycles. The van der Waals surface area contributed by atoms with Crippen LogP contribution in [0.15, 0.2) is 60.1 Å². The summed E-state index contributed by atoms with van der Waals surface area (Å²) in [6.07, 6.45) is 8.26. The Labute approximate surface area is 146 Å². The number of anilines is 1. The molecule has 0 atom stereocenters. The van der Waals surface area contributed by atoms with Crippen LogP contribution in [0.5, 0.6) is 0 Å². The van der Waals surface area contributed by atoms with Gasteiger partial charge >= 0.3 is 0 Å². The predicted molar refractivity (Wildman–Crippen MR) is 94.7 cm³/mol. The fourth-order valence-corrected chi connectivity index (χ4v) is 4.71. The molecule has 1 fully saturated rings. The molecule has 1 aliphatic heterocycles. The van der Waals surface area contributed by atoms with Gasteiger partial charge in [-0.05, 0) is 12.1 Å². The number of hydrogen-bond donors (Lipinski definition) is 0. The van der Waals surface area contributed by atoms with Crippen molar-refractivity contribution in [3.8, 4) is 0 Å².